The minimum Gasteiger partial charge on any atom is -0.497 e. The van der Waals surface area contributed by atoms with Crippen molar-refractivity contribution < 1.29 is 18.7 Å². The summed E-state index contributed by atoms with van der Waals surface area (Å²) in [5.74, 6) is 1.08. The van der Waals surface area contributed by atoms with Gasteiger partial charge in [-0.05, 0) is 66.9 Å². The van der Waals surface area contributed by atoms with E-state index in [1.807, 2.05) is 29.2 Å². The Kier molecular flexibility index (Phi) is 7.84. The molecule has 3 aromatic rings. The van der Waals surface area contributed by atoms with E-state index < -0.39 is 0 Å². The molecular weight excluding hydrogens is 495 g/mol. The summed E-state index contributed by atoms with van der Waals surface area (Å²) in [5.41, 5.74) is 5.74. The number of benzene rings is 3. The van der Waals surface area contributed by atoms with Crippen LogP contribution in [0, 0.1) is 19.7 Å². The van der Waals surface area contributed by atoms with Gasteiger partial charge in [0.25, 0.3) is 5.91 Å². The first kappa shape index (κ1) is 26.7. The van der Waals surface area contributed by atoms with E-state index in [4.69, 9.17) is 14.6 Å². The smallest absolute Gasteiger partial charge is 0.257 e. The zero-order valence-corrected chi connectivity index (χ0v) is 23.0. The first-order valence-corrected chi connectivity index (χ1v) is 13.3. The van der Waals surface area contributed by atoms with Crippen LogP contribution in [-0.4, -0.2) is 68.5 Å². The standard InChI is InChI=1S/C31H35FN4O3/c1-21-9-10-23(17-22(21)2)27-19-29(25-18-24(38-3)11-12-30(25)39-4)36(33-27)31(37)20-34-13-15-35(16-14-34)28-8-6-5-7-26(28)32/h5-12,17-18,29H,13-16,19-20H2,1-4H3/t29-/m1/s1. The molecule has 0 N–H and O–H groups in total. The first-order chi connectivity index (χ1) is 18.9. The lowest BCUT2D eigenvalue weighted by Gasteiger charge is -2.36. The quantitative estimate of drug-likeness (QED) is 0.432. The van der Waals surface area contributed by atoms with Crippen LogP contribution >= 0.6 is 0 Å². The summed E-state index contributed by atoms with van der Waals surface area (Å²) in [4.78, 5) is 17.9. The second-order valence-electron chi connectivity index (χ2n) is 10.1. The zero-order chi connectivity index (χ0) is 27.5. The number of hydrazone groups is 1. The third kappa shape index (κ3) is 5.61. The summed E-state index contributed by atoms with van der Waals surface area (Å²) in [6, 6.07) is 18.4. The summed E-state index contributed by atoms with van der Waals surface area (Å²) < 4.78 is 25.5. The molecule has 7 nitrogen and oxygen atoms in total. The number of carbonyl (C=O) groups excluding carboxylic acids is 1. The number of para-hydroxylation sites is 1. The lowest BCUT2D eigenvalue weighted by molar-refractivity contribution is -0.134. The maximum Gasteiger partial charge on any atom is 0.257 e. The number of anilines is 1. The Labute approximate surface area is 229 Å². The average Bonchev–Trinajstić information content (AvgIpc) is 3.40. The van der Waals surface area contributed by atoms with Crippen molar-refractivity contribution in [1.82, 2.24) is 9.91 Å². The number of nitrogens with zero attached hydrogens (tertiary/aromatic N) is 4. The van der Waals surface area contributed by atoms with E-state index >= 15 is 0 Å². The van der Waals surface area contributed by atoms with Crippen LogP contribution in [0.4, 0.5) is 10.1 Å². The van der Waals surface area contributed by atoms with Gasteiger partial charge in [-0.1, -0.05) is 24.3 Å². The number of amides is 1. The normalized spacial score (nSPS) is 17.8. The summed E-state index contributed by atoms with van der Waals surface area (Å²) >= 11 is 0. The minimum atomic E-state index is -0.320. The highest BCUT2D eigenvalue weighted by atomic mass is 19.1. The van der Waals surface area contributed by atoms with E-state index in [2.05, 4.69) is 36.9 Å². The molecule has 204 valence electrons. The molecule has 0 saturated carbocycles. The minimum absolute atomic E-state index is 0.0805. The number of hydrogen-bond donors (Lipinski definition) is 0. The molecule has 2 heterocycles. The van der Waals surface area contributed by atoms with Crippen LogP contribution in [0.15, 0.2) is 65.8 Å². The second-order valence-corrected chi connectivity index (χ2v) is 10.1. The highest BCUT2D eigenvalue weighted by Gasteiger charge is 2.36. The number of aryl methyl sites for hydroxylation is 2. The second kappa shape index (κ2) is 11.5. The van der Waals surface area contributed by atoms with Crippen molar-refractivity contribution in [3.63, 3.8) is 0 Å². The molecule has 0 aliphatic carbocycles. The van der Waals surface area contributed by atoms with Crippen LogP contribution in [0.5, 0.6) is 11.5 Å². The Morgan fingerprint density at radius 2 is 1.72 bits per heavy atom. The van der Waals surface area contributed by atoms with Gasteiger partial charge in [-0.3, -0.25) is 9.69 Å². The van der Waals surface area contributed by atoms with E-state index in [9.17, 15) is 9.18 Å². The first-order valence-electron chi connectivity index (χ1n) is 13.3. The molecule has 0 aromatic heterocycles. The Morgan fingerprint density at radius 1 is 0.949 bits per heavy atom. The lowest BCUT2D eigenvalue weighted by Crippen LogP contribution is -2.49. The van der Waals surface area contributed by atoms with Gasteiger partial charge >= 0.3 is 0 Å². The monoisotopic (exact) mass is 530 g/mol. The topological polar surface area (TPSA) is 57.6 Å². The van der Waals surface area contributed by atoms with Crippen molar-refractivity contribution >= 4 is 17.3 Å². The number of piperazine rings is 1. The molecule has 1 saturated heterocycles. The maximum atomic E-state index is 14.3. The van der Waals surface area contributed by atoms with Crippen LogP contribution < -0.4 is 14.4 Å². The fraction of sp³-hybridized carbons (Fsp3) is 0.355. The van der Waals surface area contributed by atoms with Gasteiger partial charge in [0.2, 0.25) is 0 Å². The fourth-order valence-corrected chi connectivity index (χ4v) is 5.30. The highest BCUT2D eigenvalue weighted by Crippen LogP contribution is 2.39. The van der Waals surface area contributed by atoms with Gasteiger partial charge < -0.3 is 14.4 Å². The van der Waals surface area contributed by atoms with Crippen LogP contribution in [-0.2, 0) is 4.79 Å². The number of rotatable bonds is 7. The number of methoxy groups -OCH3 is 2. The number of ether oxygens (including phenoxy) is 2. The van der Waals surface area contributed by atoms with Crippen LogP contribution in [0.3, 0.4) is 0 Å². The molecule has 0 bridgehead atoms. The number of hydrogen-bond acceptors (Lipinski definition) is 6. The molecule has 0 unspecified atom stereocenters. The molecule has 2 aliphatic rings. The van der Waals surface area contributed by atoms with Gasteiger partial charge in [0.1, 0.15) is 17.3 Å². The number of carbonyl (C=O) groups is 1. The zero-order valence-electron chi connectivity index (χ0n) is 23.0. The van der Waals surface area contributed by atoms with Gasteiger partial charge in [-0.15, -0.1) is 0 Å². The van der Waals surface area contributed by atoms with Crippen molar-refractivity contribution in [2.75, 3.05) is 51.8 Å². The maximum absolute atomic E-state index is 14.3. The molecule has 0 spiro atoms. The SMILES string of the molecule is COc1ccc(OC)c([C@H]2CC(c3ccc(C)c(C)c3)=NN2C(=O)CN2CCN(c3ccccc3F)CC2)c1. The van der Waals surface area contributed by atoms with Gasteiger partial charge in [-0.25, -0.2) is 9.40 Å². The van der Waals surface area contributed by atoms with E-state index in [1.54, 1.807) is 31.4 Å². The van der Waals surface area contributed by atoms with Gasteiger partial charge in [0, 0.05) is 38.2 Å². The van der Waals surface area contributed by atoms with E-state index in [0.29, 0.717) is 49.8 Å². The average molecular weight is 531 g/mol. The predicted octanol–water partition coefficient (Wildman–Crippen LogP) is 4.96. The fourth-order valence-electron chi connectivity index (χ4n) is 5.30. The number of halogens is 1. The van der Waals surface area contributed by atoms with Crippen molar-refractivity contribution in [3.8, 4) is 11.5 Å². The molecular formula is C31H35FN4O3. The third-order valence-corrected chi connectivity index (χ3v) is 7.73. The van der Waals surface area contributed by atoms with Crippen LogP contribution in [0.1, 0.15) is 34.7 Å². The predicted molar refractivity (Wildman–Crippen MR) is 151 cm³/mol. The van der Waals surface area contributed by atoms with E-state index in [-0.39, 0.29) is 24.3 Å². The van der Waals surface area contributed by atoms with Crippen molar-refractivity contribution in [1.29, 1.82) is 0 Å². The van der Waals surface area contributed by atoms with Gasteiger partial charge in [-0.2, -0.15) is 5.10 Å². The molecule has 3 aromatic carbocycles. The van der Waals surface area contributed by atoms with E-state index in [1.165, 1.54) is 17.2 Å². The summed E-state index contributed by atoms with van der Waals surface area (Å²) in [6.45, 7) is 7.03. The van der Waals surface area contributed by atoms with Gasteiger partial charge in [0.05, 0.1) is 38.2 Å². The van der Waals surface area contributed by atoms with E-state index in [0.717, 1.165) is 16.8 Å². The largest absolute Gasteiger partial charge is 0.497 e. The Bertz CT molecular complexity index is 1380. The highest BCUT2D eigenvalue weighted by molar-refractivity contribution is 6.03. The molecule has 1 atom stereocenters. The third-order valence-electron chi connectivity index (χ3n) is 7.73. The lowest BCUT2D eigenvalue weighted by atomic mass is 9.95. The van der Waals surface area contributed by atoms with Crippen LogP contribution in [0.25, 0.3) is 0 Å². The Morgan fingerprint density at radius 3 is 2.41 bits per heavy atom. The molecule has 39 heavy (non-hydrogen) atoms. The molecule has 0 radical (unpaired) electrons. The Balaban J connectivity index is 1.38. The summed E-state index contributed by atoms with van der Waals surface area (Å²) in [6.07, 6.45) is 0.568. The summed E-state index contributed by atoms with van der Waals surface area (Å²) in [5, 5.41) is 6.49. The molecule has 1 fully saturated rings. The van der Waals surface area contributed by atoms with Crippen molar-refractivity contribution in [2.45, 2.75) is 26.3 Å². The summed E-state index contributed by atoms with van der Waals surface area (Å²) in [7, 11) is 3.26. The van der Waals surface area contributed by atoms with Crippen LogP contribution in [0.2, 0.25) is 0 Å². The van der Waals surface area contributed by atoms with Crippen molar-refractivity contribution in [2.24, 2.45) is 5.10 Å². The molecule has 2 aliphatic heterocycles. The molecule has 1 amide bonds. The van der Waals surface area contributed by atoms with Gasteiger partial charge in [0.15, 0.2) is 0 Å². The van der Waals surface area contributed by atoms with Crippen molar-refractivity contribution in [3.05, 3.63) is 88.7 Å². The molecule has 5 rings (SSSR count). The Hall–Kier alpha value is -3.91. The molecule has 8 heteroatoms.